The number of nitrogens with zero attached hydrogens (tertiary/aromatic N) is 4. The zero-order valence-electron chi connectivity index (χ0n) is 9.91. The van der Waals surface area contributed by atoms with E-state index < -0.39 is 0 Å². The van der Waals surface area contributed by atoms with E-state index >= 15 is 0 Å². The van der Waals surface area contributed by atoms with Crippen LogP contribution in [0.25, 0.3) is 0 Å². The Morgan fingerprint density at radius 1 is 1.53 bits per heavy atom. The van der Waals surface area contributed by atoms with Crippen molar-refractivity contribution in [3.63, 3.8) is 0 Å². The molecule has 2 aliphatic heterocycles. The Hall–Kier alpha value is -1.43. The molecule has 2 saturated heterocycles. The van der Waals surface area contributed by atoms with Gasteiger partial charge in [0.1, 0.15) is 6.54 Å². The molecule has 92 valence electrons. The summed E-state index contributed by atoms with van der Waals surface area (Å²) in [5, 5.41) is 10.9. The summed E-state index contributed by atoms with van der Waals surface area (Å²) >= 11 is 0. The van der Waals surface area contributed by atoms with E-state index in [1.54, 1.807) is 17.1 Å². The Balaban J connectivity index is 1.67. The predicted molar refractivity (Wildman–Crippen MR) is 61.0 cm³/mol. The molecule has 0 bridgehead atoms. The normalized spacial score (nSPS) is 31.8. The minimum Gasteiger partial charge on any atom is -0.338 e. The van der Waals surface area contributed by atoms with Gasteiger partial charge in [-0.3, -0.25) is 4.79 Å². The van der Waals surface area contributed by atoms with Crippen molar-refractivity contribution in [2.45, 2.75) is 19.5 Å². The maximum atomic E-state index is 12.2. The summed E-state index contributed by atoms with van der Waals surface area (Å²) < 4.78 is 1.58. The molecule has 1 amide bonds. The lowest BCUT2D eigenvalue weighted by molar-refractivity contribution is -0.133. The largest absolute Gasteiger partial charge is 0.338 e. The molecule has 1 aromatic heterocycles. The van der Waals surface area contributed by atoms with Crippen molar-refractivity contribution in [1.82, 2.24) is 25.2 Å². The molecule has 6 heteroatoms. The maximum Gasteiger partial charge on any atom is 0.244 e. The Kier molecular flexibility index (Phi) is 2.58. The number of carbonyl (C=O) groups excluding carboxylic acids is 1. The van der Waals surface area contributed by atoms with E-state index in [-0.39, 0.29) is 5.91 Å². The van der Waals surface area contributed by atoms with E-state index in [1.165, 1.54) is 0 Å². The van der Waals surface area contributed by atoms with Crippen molar-refractivity contribution in [2.75, 3.05) is 19.6 Å². The second-order valence-electron chi connectivity index (χ2n) is 4.97. The van der Waals surface area contributed by atoms with Crippen molar-refractivity contribution in [1.29, 1.82) is 0 Å². The Bertz CT molecular complexity index is 404. The van der Waals surface area contributed by atoms with Gasteiger partial charge in [-0.15, -0.1) is 5.10 Å². The van der Waals surface area contributed by atoms with Gasteiger partial charge in [0.05, 0.1) is 6.20 Å². The summed E-state index contributed by atoms with van der Waals surface area (Å²) in [5.74, 6) is 1.40. The second kappa shape index (κ2) is 4.10. The van der Waals surface area contributed by atoms with Crippen LogP contribution in [-0.2, 0) is 11.3 Å². The minimum absolute atomic E-state index is 0.150. The zero-order valence-corrected chi connectivity index (χ0v) is 9.91. The van der Waals surface area contributed by atoms with E-state index in [0.29, 0.717) is 24.4 Å². The van der Waals surface area contributed by atoms with Crippen LogP contribution >= 0.6 is 0 Å². The molecule has 0 radical (unpaired) electrons. The number of likely N-dealkylation sites (tertiary alicyclic amines) is 1. The first-order chi connectivity index (χ1) is 8.25. The molecule has 3 atom stereocenters. The third kappa shape index (κ3) is 1.82. The smallest absolute Gasteiger partial charge is 0.244 e. The first-order valence-electron chi connectivity index (χ1n) is 6.10. The van der Waals surface area contributed by atoms with Crippen LogP contribution in [0.5, 0.6) is 0 Å². The van der Waals surface area contributed by atoms with Gasteiger partial charge in [-0.2, -0.15) is 0 Å². The third-order valence-corrected chi connectivity index (χ3v) is 4.02. The summed E-state index contributed by atoms with van der Waals surface area (Å²) in [4.78, 5) is 14.2. The van der Waals surface area contributed by atoms with E-state index in [1.807, 2.05) is 4.90 Å². The molecule has 1 aromatic rings. The van der Waals surface area contributed by atoms with Crippen LogP contribution < -0.4 is 5.32 Å². The van der Waals surface area contributed by atoms with E-state index in [0.717, 1.165) is 19.6 Å². The molecule has 2 aliphatic rings. The molecule has 3 heterocycles. The number of hydrogen-bond donors (Lipinski definition) is 1. The monoisotopic (exact) mass is 235 g/mol. The summed E-state index contributed by atoms with van der Waals surface area (Å²) in [5.41, 5.74) is 0. The zero-order chi connectivity index (χ0) is 11.8. The van der Waals surface area contributed by atoms with Gasteiger partial charge in [0.2, 0.25) is 5.91 Å². The van der Waals surface area contributed by atoms with Crippen molar-refractivity contribution in [3.05, 3.63) is 12.4 Å². The highest BCUT2D eigenvalue weighted by molar-refractivity contribution is 5.76. The van der Waals surface area contributed by atoms with Gasteiger partial charge in [-0.25, -0.2) is 4.68 Å². The Labute approximate surface area is 100.0 Å². The number of carbonyl (C=O) groups is 1. The van der Waals surface area contributed by atoms with Crippen molar-refractivity contribution in [3.8, 4) is 0 Å². The Morgan fingerprint density at radius 3 is 3.12 bits per heavy atom. The number of hydrogen-bond acceptors (Lipinski definition) is 4. The summed E-state index contributed by atoms with van der Waals surface area (Å²) in [6, 6.07) is 0.339. The fourth-order valence-electron chi connectivity index (χ4n) is 3.04. The number of amides is 1. The number of rotatable bonds is 2. The molecule has 3 rings (SSSR count). The van der Waals surface area contributed by atoms with E-state index in [9.17, 15) is 4.79 Å². The molecule has 17 heavy (non-hydrogen) atoms. The van der Waals surface area contributed by atoms with Crippen LogP contribution in [0, 0.1) is 11.8 Å². The fraction of sp³-hybridized carbons (Fsp3) is 0.727. The molecule has 1 N–H and O–H groups in total. The number of nitrogens with one attached hydrogen (secondary N) is 1. The molecule has 2 fully saturated rings. The summed E-state index contributed by atoms with van der Waals surface area (Å²) in [6.07, 6.45) is 3.32. The van der Waals surface area contributed by atoms with Crippen LogP contribution in [0.15, 0.2) is 12.4 Å². The molecular formula is C11H17N5O. The van der Waals surface area contributed by atoms with Gasteiger partial charge >= 0.3 is 0 Å². The molecular weight excluding hydrogens is 218 g/mol. The van der Waals surface area contributed by atoms with Gasteiger partial charge in [0.25, 0.3) is 0 Å². The van der Waals surface area contributed by atoms with Gasteiger partial charge in [-0.05, 0) is 18.8 Å². The molecule has 0 saturated carbocycles. The number of aromatic nitrogens is 3. The molecule has 0 spiro atoms. The highest BCUT2D eigenvalue weighted by Gasteiger charge is 2.43. The summed E-state index contributed by atoms with van der Waals surface area (Å²) in [6.45, 7) is 5.42. The lowest BCUT2D eigenvalue weighted by Crippen LogP contribution is -2.40. The SMILES string of the molecule is CC1C2CNCC2CN1C(=O)Cn1ccnn1. The predicted octanol–water partition coefficient (Wildman–Crippen LogP) is -0.656. The maximum absolute atomic E-state index is 12.2. The minimum atomic E-state index is 0.150. The first-order valence-corrected chi connectivity index (χ1v) is 6.10. The van der Waals surface area contributed by atoms with E-state index in [4.69, 9.17) is 0 Å². The molecule has 3 unspecified atom stereocenters. The fourth-order valence-corrected chi connectivity index (χ4v) is 3.04. The lowest BCUT2D eigenvalue weighted by Gasteiger charge is -2.24. The van der Waals surface area contributed by atoms with Crippen LogP contribution in [0.4, 0.5) is 0 Å². The van der Waals surface area contributed by atoms with E-state index in [2.05, 4.69) is 22.6 Å². The van der Waals surface area contributed by atoms with Crippen molar-refractivity contribution < 1.29 is 4.79 Å². The Morgan fingerprint density at radius 2 is 2.41 bits per heavy atom. The molecule has 0 aromatic carbocycles. The van der Waals surface area contributed by atoms with Crippen LogP contribution in [0.3, 0.4) is 0 Å². The topological polar surface area (TPSA) is 63.1 Å². The highest BCUT2D eigenvalue weighted by Crippen LogP contribution is 2.32. The van der Waals surface area contributed by atoms with Gasteiger partial charge in [0, 0.05) is 31.9 Å². The standard InChI is InChI=1S/C11H17N5O/c1-8-10-5-12-4-9(10)6-16(8)11(17)7-15-3-2-13-14-15/h2-3,8-10,12H,4-7H2,1H3. The van der Waals surface area contributed by atoms with Crippen LogP contribution in [0.1, 0.15) is 6.92 Å². The highest BCUT2D eigenvalue weighted by atomic mass is 16.2. The molecule has 0 aliphatic carbocycles. The van der Waals surface area contributed by atoms with Gasteiger partial charge < -0.3 is 10.2 Å². The molecule has 6 nitrogen and oxygen atoms in total. The van der Waals surface area contributed by atoms with Gasteiger partial charge in [-0.1, -0.05) is 5.21 Å². The van der Waals surface area contributed by atoms with Crippen molar-refractivity contribution >= 4 is 5.91 Å². The number of fused-ring (bicyclic) bond motifs is 1. The lowest BCUT2D eigenvalue weighted by atomic mass is 9.95. The first kappa shape index (κ1) is 10.7. The second-order valence-corrected chi connectivity index (χ2v) is 4.97. The average Bonchev–Trinajstić information content (AvgIpc) is 2.97. The third-order valence-electron chi connectivity index (χ3n) is 4.02. The van der Waals surface area contributed by atoms with Crippen LogP contribution in [0.2, 0.25) is 0 Å². The van der Waals surface area contributed by atoms with Gasteiger partial charge in [0.15, 0.2) is 0 Å². The van der Waals surface area contributed by atoms with Crippen LogP contribution in [-0.4, -0.2) is 51.5 Å². The van der Waals surface area contributed by atoms with Crippen molar-refractivity contribution in [2.24, 2.45) is 11.8 Å². The summed E-state index contributed by atoms with van der Waals surface area (Å²) in [7, 11) is 0. The average molecular weight is 235 g/mol. The quantitative estimate of drug-likeness (QED) is 0.739.